The molecule has 4 aliphatic rings. The number of nitrogens with two attached hydrogens (primary N) is 1. The Kier molecular flexibility index (Phi) is 2.76. The van der Waals surface area contributed by atoms with Crippen LogP contribution in [0.4, 0.5) is 5.69 Å². The smallest absolute Gasteiger partial charge is 0.170 e. The number of ketones is 1. The second-order valence-electron chi connectivity index (χ2n) is 8.12. The molecule has 1 aromatic rings. The van der Waals surface area contributed by atoms with E-state index >= 15 is 0 Å². The molecule has 2 atom stereocenters. The Balaban J connectivity index is 1.74. The quantitative estimate of drug-likeness (QED) is 0.635. The second kappa shape index (κ2) is 4.25. The van der Waals surface area contributed by atoms with E-state index in [1.54, 1.807) is 12.1 Å². The van der Waals surface area contributed by atoms with E-state index in [0.29, 0.717) is 21.7 Å². The van der Waals surface area contributed by atoms with Gasteiger partial charge in [-0.25, -0.2) is 0 Å². The largest absolute Gasteiger partial charge is 0.399 e. The van der Waals surface area contributed by atoms with Crippen LogP contribution in [0.5, 0.6) is 0 Å². The molecular formula is C18H22ClNO. The van der Waals surface area contributed by atoms with E-state index in [0.717, 1.165) is 31.1 Å². The summed E-state index contributed by atoms with van der Waals surface area (Å²) in [7, 11) is 0. The van der Waals surface area contributed by atoms with E-state index in [1.807, 2.05) is 6.07 Å². The van der Waals surface area contributed by atoms with E-state index in [4.69, 9.17) is 17.3 Å². The Hall–Kier alpha value is -1.02. The fourth-order valence-electron chi connectivity index (χ4n) is 5.99. The van der Waals surface area contributed by atoms with E-state index in [-0.39, 0.29) is 11.2 Å². The highest BCUT2D eigenvalue weighted by molar-refractivity contribution is 6.34. The van der Waals surface area contributed by atoms with Gasteiger partial charge in [0.2, 0.25) is 0 Å². The van der Waals surface area contributed by atoms with Gasteiger partial charge in [-0.15, -0.1) is 0 Å². The molecular weight excluding hydrogens is 282 g/mol. The minimum Gasteiger partial charge on any atom is -0.399 e. The van der Waals surface area contributed by atoms with Crippen LogP contribution in [-0.4, -0.2) is 5.78 Å². The van der Waals surface area contributed by atoms with Gasteiger partial charge in [-0.05, 0) is 74.0 Å². The molecule has 4 bridgehead atoms. The average molecular weight is 304 g/mol. The van der Waals surface area contributed by atoms with Crippen molar-refractivity contribution in [3.05, 3.63) is 28.8 Å². The van der Waals surface area contributed by atoms with Gasteiger partial charge in [0.05, 0.1) is 5.02 Å². The number of anilines is 1. The van der Waals surface area contributed by atoms with Crippen molar-refractivity contribution in [3.63, 3.8) is 0 Å². The second-order valence-corrected chi connectivity index (χ2v) is 8.53. The van der Waals surface area contributed by atoms with Gasteiger partial charge in [-0.3, -0.25) is 4.79 Å². The van der Waals surface area contributed by atoms with Crippen LogP contribution in [0.25, 0.3) is 0 Å². The first-order valence-electron chi connectivity index (χ1n) is 7.99. The zero-order valence-electron chi connectivity index (χ0n) is 12.5. The van der Waals surface area contributed by atoms with Crippen LogP contribution in [0.15, 0.2) is 18.2 Å². The Morgan fingerprint density at radius 2 is 1.90 bits per heavy atom. The summed E-state index contributed by atoms with van der Waals surface area (Å²) < 4.78 is 0. The maximum Gasteiger partial charge on any atom is 0.170 e. The van der Waals surface area contributed by atoms with Gasteiger partial charge in [0, 0.05) is 16.7 Å². The van der Waals surface area contributed by atoms with Gasteiger partial charge < -0.3 is 5.73 Å². The molecule has 0 amide bonds. The Morgan fingerprint density at radius 3 is 2.48 bits per heavy atom. The highest BCUT2D eigenvalue weighted by atomic mass is 35.5. The third-order valence-corrected chi connectivity index (χ3v) is 6.39. The van der Waals surface area contributed by atoms with Gasteiger partial charge in [0.1, 0.15) is 0 Å². The molecule has 1 aromatic carbocycles. The molecule has 4 fully saturated rings. The summed E-state index contributed by atoms with van der Waals surface area (Å²) in [6, 6.07) is 5.32. The third kappa shape index (κ3) is 2.03. The normalized spacial score (nSPS) is 40.5. The van der Waals surface area contributed by atoms with Crippen molar-refractivity contribution in [2.24, 2.45) is 22.7 Å². The van der Waals surface area contributed by atoms with Crippen LogP contribution in [0.2, 0.25) is 5.02 Å². The number of Topliss-reactive ketones (excluding diaryl/α,β-unsaturated/α-hetero) is 1. The number of halogens is 1. The maximum absolute atomic E-state index is 13.2. The van der Waals surface area contributed by atoms with Crippen molar-refractivity contribution < 1.29 is 4.79 Å². The van der Waals surface area contributed by atoms with Crippen LogP contribution in [0.1, 0.15) is 55.8 Å². The first kappa shape index (κ1) is 13.6. The summed E-state index contributed by atoms with van der Waals surface area (Å²) in [5.74, 6) is 1.76. The molecule has 0 aliphatic heterocycles. The molecule has 21 heavy (non-hydrogen) atoms. The minimum absolute atomic E-state index is 0.154. The van der Waals surface area contributed by atoms with Crippen LogP contribution in [0.3, 0.4) is 0 Å². The van der Waals surface area contributed by atoms with Gasteiger partial charge in [0.15, 0.2) is 5.78 Å². The van der Waals surface area contributed by atoms with Crippen molar-refractivity contribution in [2.75, 3.05) is 5.73 Å². The van der Waals surface area contributed by atoms with Gasteiger partial charge in [-0.2, -0.15) is 0 Å². The molecule has 0 saturated heterocycles. The van der Waals surface area contributed by atoms with Crippen LogP contribution in [-0.2, 0) is 0 Å². The highest BCUT2D eigenvalue weighted by Gasteiger charge is 2.58. The van der Waals surface area contributed by atoms with Gasteiger partial charge >= 0.3 is 0 Å². The van der Waals surface area contributed by atoms with E-state index in [9.17, 15) is 4.79 Å². The fourth-order valence-corrected chi connectivity index (χ4v) is 6.26. The summed E-state index contributed by atoms with van der Waals surface area (Å²) in [5.41, 5.74) is 7.28. The van der Waals surface area contributed by atoms with Gasteiger partial charge in [0.25, 0.3) is 0 Å². The summed E-state index contributed by atoms with van der Waals surface area (Å²) >= 11 is 6.30. The number of rotatable bonds is 2. The highest BCUT2D eigenvalue weighted by Crippen LogP contribution is 2.65. The zero-order valence-corrected chi connectivity index (χ0v) is 13.2. The molecule has 4 saturated carbocycles. The van der Waals surface area contributed by atoms with E-state index in [2.05, 4.69) is 6.92 Å². The van der Waals surface area contributed by atoms with Crippen molar-refractivity contribution >= 4 is 23.1 Å². The number of carbonyl (C=O) groups excluding carboxylic acids is 1. The van der Waals surface area contributed by atoms with Crippen molar-refractivity contribution in [1.82, 2.24) is 0 Å². The van der Waals surface area contributed by atoms with Crippen LogP contribution >= 0.6 is 11.6 Å². The summed E-state index contributed by atoms with van der Waals surface area (Å²) in [4.78, 5) is 13.2. The Morgan fingerprint density at radius 1 is 1.24 bits per heavy atom. The summed E-state index contributed by atoms with van der Waals surface area (Å²) in [5, 5.41) is 0.515. The number of nitrogen functional groups attached to an aromatic ring is 1. The van der Waals surface area contributed by atoms with E-state index in [1.165, 1.54) is 19.3 Å². The first-order valence-corrected chi connectivity index (χ1v) is 8.37. The summed E-state index contributed by atoms with van der Waals surface area (Å²) in [6.45, 7) is 2.39. The fraction of sp³-hybridized carbons (Fsp3) is 0.611. The van der Waals surface area contributed by atoms with Crippen molar-refractivity contribution in [2.45, 2.75) is 45.4 Å². The lowest BCUT2D eigenvalue weighted by Gasteiger charge is -2.60. The van der Waals surface area contributed by atoms with Crippen LogP contribution < -0.4 is 5.73 Å². The molecule has 2 N–H and O–H groups in total. The molecule has 3 heteroatoms. The maximum atomic E-state index is 13.2. The predicted molar refractivity (Wildman–Crippen MR) is 85.4 cm³/mol. The lowest BCUT2D eigenvalue weighted by molar-refractivity contribution is -0.0820. The lowest BCUT2D eigenvalue weighted by Crippen LogP contribution is -2.54. The molecule has 4 aliphatic carbocycles. The number of carbonyl (C=O) groups is 1. The topological polar surface area (TPSA) is 43.1 Å². The minimum atomic E-state index is -0.154. The van der Waals surface area contributed by atoms with Crippen molar-refractivity contribution in [1.29, 1.82) is 0 Å². The molecule has 0 radical (unpaired) electrons. The standard InChI is InChI=1S/C18H22ClNO/c1-17-6-11-4-12(7-17)9-18(8-11,10-17)16(21)14-3-2-13(20)5-15(14)19/h2-3,5,11-12H,4,6-10,20H2,1H3. The average Bonchev–Trinajstić information content (AvgIpc) is 2.35. The molecule has 0 spiro atoms. The molecule has 0 heterocycles. The first-order chi connectivity index (χ1) is 9.89. The monoisotopic (exact) mass is 303 g/mol. The predicted octanol–water partition coefficient (Wildman–Crippen LogP) is 4.71. The molecule has 5 rings (SSSR count). The Labute approximate surface area is 131 Å². The molecule has 0 aromatic heterocycles. The number of hydrogen-bond acceptors (Lipinski definition) is 2. The Bertz CT molecular complexity index is 610. The zero-order chi connectivity index (χ0) is 14.8. The van der Waals surface area contributed by atoms with Crippen LogP contribution in [0, 0.1) is 22.7 Å². The van der Waals surface area contributed by atoms with E-state index < -0.39 is 0 Å². The lowest BCUT2D eigenvalue weighted by atomic mass is 9.43. The SMILES string of the molecule is CC12CC3CC(C1)CC(C(=O)c1ccc(N)cc1Cl)(C3)C2. The molecule has 2 unspecified atom stereocenters. The third-order valence-electron chi connectivity index (χ3n) is 6.07. The molecule has 2 nitrogen and oxygen atoms in total. The van der Waals surface area contributed by atoms with Gasteiger partial charge in [-0.1, -0.05) is 18.5 Å². The summed E-state index contributed by atoms with van der Waals surface area (Å²) in [6.07, 6.45) is 7.14. The van der Waals surface area contributed by atoms with Crippen molar-refractivity contribution in [3.8, 4) is 0 Å². The number of hydrogen-bond donors (Lipinski definition) is 1. The number of benzene rings is 1. The molecule has 112 valence electrons.